The third-order valence-corrected chi connectivity index (χ3v) is 4.94. The Morgan fingerprint density at radius 2 is 1.59 bits per heavy atom. The highest BCUT2D eigenvalue weighted by molar-refractivity contribution is 5.43. The molecule has 1 aliphatic rings. The van der Waals surface area contributed by atoms with E-state index in [1.165, 1.54) is 32.1 Å². The average molecular weight is 381 g/mol. The first-order valence-corrected chi connectivity index (χ1v) is 10.0. The number of benzene rings is 1. The maximum atomic E-state index is 10.3. The molecule has 6 heteroatoms. The van der Waals surface area contributed by atoms with E-state index in [0.29, 0.717) is 17.9 Å². The number of rotatable bonds is 11. The Labute approximate surface area is 161 Å². The Bertz CT molecular complexity index is 535. The van der Waals surface area contributed by atoms with Gasteiger partial charge in [0.05, 0.1) is 13.2 Å². The van der Waals surface area contributed by atoms with Crippen LogP contribution < -0.4 is 4.74 Å². The van der Waals surface area contributed by atoms with Crippen LogP contribution in [0.15, 0.2) is 24.3 Å². The number of ether oxygens (including phenoxy) is 2. The van der Waals surface area contributed by atoms with Crippen LogP contribution in [0.2, 0.25) is 0 Å². The van der Waals surface area contributed by atoms with Crippen LogP contribution >= 0.6 is 0 Å². The van der Waals surface area contributed by atoms with E-state index in [-0.39, 0.29) is 6.10 Å². The zero-order chi connectivity index (χ0) is 19.6. The Kier molecular flexibility index (Phi) is 9.51. The summed E-state index contributed by atoms with van der Waals surface area (Å²) in [7, 11) is 0. The molecule has 153 valence electrons. The first kappa shape index (κ1) is 22.1. The van der Waals surface area contributed by atoms with E-state index < -0.39 is 31.0 Å². The summed E-state index contributed by atoms with van der Waals surface area (Å²) in [5.41, 5.74) is 0.525. The van der Waals surface area contributed by atoms with Gasteiger partial charge in [0.25, 0.3) is 0 Å². The molecule has 2 rings (SSSR count). The first-order valence-electron chi connectivity index (χ1n) is 10.0. The molecular formula is C21H33O6. The van der Waals surface area contributed by atoms with E-state index in [2.05, 4.69) is 6.92 Å². The van der Waals surface area contributed by atoms with Crippen LogP contribution in [0.3, 0.4) is 0 Å². The second kappa shape index (κ2) is 11.6. The lowest BCUT2D eigenvalue weighted by Gasteiger charge is -2.39. The predicted molar refractivity (Wildman–Crippen MR) is 102 cm³/mol. The van der Waals surface area contributed by atoms with Crippen molar-refractivity contribution in [1.29, 1.82) is 0 Å². The van der Waals surface area contributed by atoms with E-state index in [0.717, 1.165) is 12.8 Å². The number of unbranched alkanes of at least 4 members (excludes halogenated alkanes) is 6. The Morgan fingerprint density at radius 1 is 0.926 bits per heavy atom. The smallest absolute Gasteiger partial charge is 0.161 e. The van der Waals surface area contributed by atoms with Gasteiger partial charge in [0.15, 0.2) is 6.10 Å². The maximum absolute atomic E-state index is 10.3. The molecule has 1 aromatic rings. The van der Waals surface area contributed by atoms with Crippen LogP contribution in [-0.2, 0) is 4.74 Å². The van der Waals surface area contributed by atoms with Gasteiger partial charge in [0, 0.05) is 5.56 Å². The summed E-state index contributed by atoms with van der Waals surface area (Å²) >= 11 is 0. The van der Waals surface area contributed by atoms with Crippen LogP contribution in [0, 0.1) is 6.10 Å². The molecule has 0 amide bonds. The van der Waals surface area contributed by atoms with Gasteiger partial charge in [0.2, 0.25) is 0 Å². The molecule has 0 spiro atoms. The molecule has 1 fully saturated rings. The van der Waals surface area contributed by atoms with Crippen LogP contribution in [0.25, 0.3) is 0 Å². The SMILES string of the molecule is CCCCCCCCCOc1ccccc1[C]1O[C@H](CO)[C@@H](O)[C@H](O)[C@H]1O. The lowest BCUT2D eigenvalue weighted by atomic mass is 9.91. The Balaban J connectivity index is 1.91. The predicted octanol–water partition coefficient (Wildman–Crippen LogP) is 2.17. The number of para-hydroxylation sites is 1. The summed E-state index contributed by atoms with van der Waals surface area (Å²) in [5, 5.41) is 39.6. The van der Waals surface area contributed by atoms with Gasteiger partial charge in [-0.25, -0.2) is 0 Å². The molecule has 0 unspecified atom stereocenters. The van der Waals surface area contributed by atoms with Crippen molar-refractivity contribution in [1.82, 2.24) is 0 Å². The van der Waals surface area contributed by atoms with Crippen molar-refractivity contribution in [2.45, 2.75) is 76.3 Å². The van der Waals surface area contributed by atoms with Crippen LogP contribution in [0.5, 0.6) is 5.75 Å². The Morgan fingerprint density at radius 3 is 2.30 bits per heavy atom. The number of hydrogen-bond donors (Lipinski definition) is 4. The molecule has 6 nitrogen and oxygen atoms in total. The van der Waals surface area contributed by atoms with Gasteiger partial charge in [-0.05, 0) is 12.5 Å². The van der Waals surface area contributed by atoms with Crippen molar-refractivity contribution in [2.24, 2.45) is 0 Å². The second-order valence-corrected chi connectivity index (χ2v) is 7.10. The lowest BCUT2D eigenvalue weighted by Crippen LogP contribution is -2.55. The third-order valence-electron chi connectivity index (χ3n) is 4.94. The standard InChI is InChI=1S/C21H33O6/c1-2-3-4-5-6-7-10-13-26-16-12-9-8-11-15(16)21-20(25)19(24)18(23)17(14-22)27-21/h8-9,11-12,17-20,22-25H,2-7,10,13-14H2,1H3/t17-,18-,19+,20-/m1/s1. The van der Waals surface area contributed by atoms with Gasteiger partial charge in [0.1, 0.15) is 30.2 Å². The zero-order valence-corrected chi connectivity index (χ0v) is 16.1. The molecule has 0 bridgehead atoms. The summed E-state index contributed by atoms with van der Waals surface area (Å²) in [6, 6.07) is 7.13. The summed E-state index contributed by atoms with van der Waals surface area (Å²) < 4.78 is 11.4. The summed E-state index contributed by atoms with van der Waals surface area (Å²) in [4.78, 5) is 0. The molecule has 4 N–H and O–H groups in total. The summed E-state index contributed by atoms with van der Waals surface area (Å²) in [6.45, 7) is 2.30. The van der Waals surface area contributed by atoms with Gasteiger partial charge in [-0.2, -0.15) is 0 Å². The van der Waals surface area contributed by atoms with Crippen LogP contribution in [0.1, 0.15) is 57.4 Å². The molecule has 1 radical (unpaired) electrons. The summed E-state index contributed by atoms with van der Waals surface area (Å²) in [6.07, 6.45) is 3.29. The fraction of sp³-hybridized carbons (Fsp3) is 0.667. The van der Waals surface area contributed by atoms with Crippen molar-refractivity contribution in [3.05, 3.63) is 35.9 Å². The molecular weight excluding hydrogens is 348 g/mol. The highest BCUT2D eigenvalue weighted by atomic mass is 16.5. The van der Waals surface area contributed by atoms with Crippen molar-refractivity contribution in [3.8, 4) is 5.75 Å². The van der Waals surface area contributed by atoms with Crippen molar-refractivity contribution in [2.75, 3.05) is 13.2 Å². The highest BCUT2D eigenvalue weighted by Gasteiger charge is 2.45. The minimum absolute atomic E-state index is 0.113. The fourth-order valence-electron chi connectivity index (χ4n) is 3.27. The van der Waals surface area contributed by atoms with E-state index in [1.54, 1.807) is 18.2 Å². The second-order valence-electron chi connectivity index (χ2n) is 7.10. The van der Waals surface area contributed by atoms with Crippen molar-refractivity contribution >= 4 is 0 Å². The van der Waals surface area contributed by atoms with Gasteiger partial charge >= 0.3 is 0 Å². The minimum atomic E-state index is -1.43. The zero-order valence-electron chi connectivity index (χ0n) is 16.1. The van der Waals surface area contributed by atoms with E-state index >= 15 is 0 Å². The van der Waals surface area contributed by atoms with E-state index in [1.807, 2.05) is 6.07 Å². The van der Waals surface area contributed by atoms with Crippen molar-refractivity contribution < 1.29 is 29.9 Å². The highest BCUT2D eigenvalue weighted by Crippen LogP contribution is 2.36. The molecule has 0 aromatic heterocycles. The largest absolute Gasteiger partial charge is 0.493 e. The molecule has 0 saturated carbocycles. The normalized spacial score (nSPS) is 26.3. The minimum Gasteiger partial charge on any atom is -0.493 e. The molecule has 1 heterocycles. The lowest BCUT2D eigenvalue weighted by molar-refractivity contribution is -0.184. The molecule has 1 aliphatic heterocycles. The topological polar surface area (TPSA) is 99.4 Å². The quantitative estimate of drug-likeness (QED) is 0.439. The van der Waals surface area contributed by atoms with E-state index in [4.69, 9.17) is 9.47 Å². The number of aliphatic hydroxyl groups excluding tert-OH is 4. The van der Waals surface area contributed by atoms with Gasteiger partial charge in [-0.1, -0.05) is 63.6 Å². The van der Waals surface area contributed by atoms with Crippen LogP contribution in [-0.4, -0.2) is 58.1 Å². The van der Waals surface area contributed by atoms with E-state index in [9.17, 15) is 20.4 Å². The fourth-order valence-corrected chi connectivity index (χ4v) is 3.27. The average Bonchev–Trinajstić information content (AvgIpc) is 2.69. The Hall–Kier alpha value is -1.18. The number of hydrogen-bond acceptors (Lipinski definition) is 6. The molecule has 0 aliphatic carbocycles. The summed E-state index contributed by atoms with van der Waals surface area (Å²) in [5.74, 6) is 0.554. The molecule has 1 aromatic carbocycles. The monoisotopic (exact) mass is 381 g/mol. The first-order chi connectivity index (χ1) is 13.1. The number of aliphatic hydroxyl groups is 4. The van der Waals surface area contributed by atoms with Crippen molar-refractivity contribution in [3.63, 3.8) is 0 Å². The van der Waals surface area contributed by atoms with Crippen LogP contribution in [0.4, 0.5) is 0 Å². The van der Waals surface area contributed by atoms with Gasteiger partial charge in [-0.15, -0.1) is 0 Å². The maximum Gasteiger partial charge on any atom is 0.161 e. The van der Waals surface area contributed by atoms with Gasteiger partial charge in [-0.3, -0.25) is 0 Å². The molecule has 27 heavy (non-hydrogen) atoms. The van der Waals surface area contributed by atoms with Gasteiger partial charge < -0.3 is 29.9 Å². The third kappa shape index (κ3) is 6.16. The molecule has 1 saturated heterocycles. The molecule has 4 atom stereocenters.